The molecule has 26 heavy (non-hydrogen) atoms. The first-order valence-electron chi connectivity index (χ1n) is 8.82. The summed E-state index contributed by atoms with van der Waals surface area (Å²) in [5.41, 5.74) is 9.06. The van der Waals surface area contributed by atoms with Gasteiger partial charge in [0.25, 0.3) is 0 Å². The molecule has 0 saturated carbocycles. The Labute approximate surface area is 156 Å². The SMILES string of the molecule is C/N=C(\c1ccccc1)c1cc(C)c(/C(=N/C)c2ccccc2)cc1C. The maximum Gasteiger partial charge on any atom is 0.0718 e. The van der Waals surface area contributed by atoms with Crippen LogP contribution in [0.5, 0.6) is 0 Å². The van der Waals surface area contributed by atoms with Crippen molar-refractivity contribution >= 4 is 11.4 Å². The number of benzene rings is 3. The van der Waals surface area contributed by atoms with Crippen molar-refractivity contribution in [3.63, 3.8) is 0 Å². The van der Waals surface area contributed by atoms with Gasteiger partial charge in [-0.05, 0) is 37.1 Å². The average Bonchev–Trinajstić information content (AvgIpc) is 2.68. The third kappa shape index (κ3) is 3.50. The molecule has 0 saturated heterocycles. The summed E-state index contributed by atoms with van der Waals surface area (Å²) < 4.78 is 0. The highest BCUT2D eigenvalue weighted by atomic mass is 14.7. The first-order valence-corrected chi connectivity index (χ1v) is 8.82. The van der Waals surface area contributed by atoms with Gasteiger partial charge >= 0.3 is 0 Å². The zero-order chi connectivity index (χ0) is 18.5. The summed E-state index contributed by atoms with van der Waals surface area (Å²) in [5.74, 6) is 0. The second-order valence-corrected chi connectivity index (χ2v) is 6.36. The van der Waals surface area contributed by atoms with Gasteiger partial charge in [0.2, 0.25) is 0 Å². The maximum absolute atomic E-state index is 4.57. The zero-order valence-corrected chi connectivity index (χ0v) is 15.8. The van der Waals surface area contributed by atoms with Crippen LogP contribution < -0.4 is 0 Å². The largest absolute Gasteiger partial charge is 0.287 e. The van der Waals surface area contributed by atoms with E-state index in [2.05, 4.69) is 60.2 Å². The van der Waals surface area contributed by atoms with Crippen LogP contribution in [0.1, 0.15) is 33.4 Å². The van der Waals surface area contributed by atoms with Crippen molar-refractivity contribution in [2.45, 2.75) is 13.8 Å². The summed E-state index contributed by atoms with van der Waals surface area (Å²) in [7, 11) is 3.71. The van der Waals surface area contributed by atoms with E-state index in [1.54, 1.807) is 0 Å². The molecule has 130 valence electrons. The lowest BCUT2D eigenvalue weighted by molar-refractivity contribution is 1.31. The molecule has 0 unspecified atom stereocenters. The van der Waals surface area contributed by atoms with Crippen molar-refractivity contribution in [3.05, 3.63) is 106 Å². The minimum absolute atomic E-state index is 1.02. The van der Waals surface area contributed by atoms with Crippen molar-refractivity contribution in [2.75, 3.05) is 14.1 Å². The molecule has 3 aromatic carbocycles. The van der Waals surface area contributed by atoms with E-state index < -0.39 is 0 Å². The summed E-state index contributed by atoms with van der Waals surface area (Å²) in [6, 6.07) is 25.1. The van der Waals surface area contributed by atoms with Crippen LogP contribution in [0, 0.1) is 13.8 Å². The lowest BCUT2D eigenvalue weighted by atomic mass is 9.90. The van der Waals surface area contributed by atoms with Crippen LogP contribution in [-0.4, -0.2) is 25.5 Å². The van der Waals surface area contributed by atoms with Crippen LogP contribution in [0.25, 0.3) is 0 Å². The number of hydrogen-bond acceptors (Lipinski definition) is 2. The average molecular weight is 340 g/mol. The molecule has 0 bridgehead atoms. The summed E-state index contributed by atoms with van der Waals surface area (Å²) in [6.45, 7) is 4.29. The van der Waals surface area contributed by atoms with Gasteiger partial charge in [-0.3, -0.25) is 9.98 Å². The molecule has 0 aliphatic rings. The molecule has 0 amide bonds. The Bertz CT molecular complexity index is 871. The highest BCUT2D eigenvalue weighted by Crippen LogP contribution is 2.23. The Morgan fingerprint density at radius 3 is 1.23 bits per heavy atom. The fourth-order valence-corrected chi connectivity index (χ4v) is 3.33. The smallest absolute Gasteiger partial charge is 0.0718 e. The van der Waals surface area contributed by atoms with E-state index in [-0.39, 0.29) is 0 Å². The van der Waals surface area contributed by atoms with Gasteiger partial charge in [-0.25, -0.2) is 0 Å². The third-order valence-corrected chi connectivity index (χ3v) is 4.62. The van der Waals surface area contributed by atoms with Crippen molar-refractivity contribution in [3.8, 4) is 0 Å². The molecule has 0 aromatic heterocycles. The highest BCUT2D eigenvalue weighted by molar-refractivity contribution is 6.16. The molecular formula is C24H24N2. The highest BCUT2D eigenvalue weighted by Gasteiger charge is 2.15. The predicted octanol–water partition coefficient (Wildman–Crippen LogP) is 5.24. The van der Waals surface area contributed by atoms with E-state index in [4.69, 9.17) is 0 Å². The van der Waals surface area contributed by atoms with Gasteiger partial charge in [0, 0.05) is 36.3 Å². The number of nitrogens with zero attached hydrogens (tertiary/aromatic N) is 2. The quantitative estimate of drug-likeness (QED) is 0.580. The molecule has 2 nitrogen and oxygen atoms in total. The van der Waals surface area contributed by atoms with E-state index in [9.17, 15) is 0 Å². The maximum atomic E-state index is 4.57. The van der Waals surface area contributed by atoms with E-state index in [1.807, 2.05) is 50.5 Å². The molecule has 2 heteroatoms. The van der Waals surface area contributed by atoms with Crippen LogP contribution in [-0.2, 0) is 0 Å². The van der Waals surface area contributed by atoms with E-state index in [1.165, 1.54) is 22.3 Å². The molecule has 0 aliphatic heterocycles. The molecule has 0 N–H and O–H groups in total. The molecular weight excluding hydrogens is 316 g/mol. The number of rotatable bonds is 4. The second kappa shape index (κ2) is 7.92. The van der Waals surface area contributed by atoms with E-state index in [0.717, 1.165) is 22.6 Å². The minimum Gasteiger partial charge on any atom is -0.287 e. The topological polar surface area (TPSA) is 24.7 Å². The molecule has 0 radical (unpaired) electrons. The fourth-order valence-electron chi connectivity index (χ4n) is 3.33. The monoisotopic (exact) mass is 340 g/mol. The summed E-state index contributed by atoms with van der Waals surface area (Å²) in [5, 5.41) is 0. The molecule has 3 rings (SSSR count). The Kier molecular flexibility index (Phi) is 5.43. The van der Waals surface area contributed by atoms with Crippen molar-refractivity contribution < 1.29 is 0 Å². The standard InChI is InChI=1S/C24H24N2/c1-17-15-22(24(26-4)20-13-9-6-10-14-20)18(2)16-21(17)23(25-3)19-11-7-5-8-12-19/h5-16H,1-4H3/b25-23+,26-24+. The minimum atomic E-state index is 1.02. The number of hydrogen-bond donors (Lipinski definition) is 0. The van der Waals surface area contributed by atoms with Gasteiger partial charge in [0.15, 0.2) is 0 Å². The predicted molar refractivity (Wildman–Crippen MR) is 112 cm³/mol. The Balaban J connectivity index is 2.10. The summed E-state index contributed by atoms with van der Waals surface area (Å²) in [6.07, 6.45) is 0. The molecule has 0 heterocycles. The van der Waals surface area contributed by atoms with Crippen LogP contribution in [0.2, 0.25) is 0 Å². The van der Waals surface area contributed by atoms with E-state index >= 15 is 0 Å². The Hall–Kier alpha value is -3.00. The normalized spacial score (nSPS) is 12.3. The first kappa shape index (κ1) is 17.8. The van der Waals surface area contributed by atoms with Gasteiger partial charge in [-0.1, -0.05) is 60.7 Å². The van der Waals surface area contributed by atoms with Crippen LogP contribution in [0.15, 0.2) is 82.8 Å². The van der Waals surface area contributed by atoms with Crippen molar-refractivity contribution in [1.82, 2.24) is 0 Å². The first-order chi connectivity index (χ1) is 12.7. The Morgan fingerprint density at radius 2 is 0.923 bits per heavy atom. The summed E-state index contributed by atoms with van der Waals surface area (Å²) >= 11 is 0. The second-order valence-electron chi connectivity index (χ2n) is 6.36. The Morgan fingerprint density at radius 1 is 0.577 bits per heavy atom. The van der Waals surface area contributed by atoms with Crippen molar-refractivity contribution in [2.24, 2.45) is 9.98 Å². The van der Waals surface area contributed by atoms with Crippen LogP contribution in [0.3, 0.4) is 0 Å². The molecule has 0 atom stereocenters. The van der Waals surface area contributed by atoms with Gasteiger partial charge in [0.05, 0.1) is 11.4 Å². The van der Waals surface area contributed by atoms with E-state index in [0.29, 0.717) is 0 Å². The third-order valence-electron chi connectivity index (χ3n) is 4.62. The van der Waals surface area contributed by atoms with Crippen molar-refractivity contribution in [1.29, 1.82) is 0 Å². The lowest BCUT2D eigenvalue weighted by Crippen LogP contribution is -2.11. The molecule has 0 aliphatic carbocycles. The molecule has 0 spiro atoms. The summed E-state index contributed by atoms with van der Waals surface area (Å²) in [4.78, 5) is 9.14. The van der Waals surface area contributed by atoms with Crippen LogP contribution >= 0.6 is 0 Å². The van der Waals surface area contributed by atoms with Gasteiger partial charge in [-0.15, -0.1) is 0 Å². The number of aliphatic imine (C=N–C) groups is 2. The molecule has 0 fully saturated rings. The lowest BCUT2D eigenvalue weighted by Gasteiger charge is -2.16. The zero-order valence-electron chi connectivity index (χ0n) is 15.8. The van der Waals surface area contributed by atoms with Crippen LogP contribution in [0.4, 0.5) is 0 Å². The van der Waals surface area contributed by atoms with Gasteiger partial charge in [0.1, 0.15) is 0 Å². The van der Waals surface area contributed by atoms with Gasteiger partial charge in [-0.2, -0.15) is 0 Å². The van der Waals surface area contributed by atoms with Gasteiger partial charge < -0.3 is 0 Å². The molecule has 3 aromatic rings. The fraction of sp³-hybridized carbons (Fsp3) is 0.167. The number of aryl methyl sites for hydroxylation is 2.